The van der Waals surface area contributed by atoms with Crippen LogP contribution in [0.1, 0.15) is 5.56 Å². The molecule has 0 aromatic heterocycles. The van der Waals surface area contributed by atoms with E-state index in [1.165, 1.54) is 7.05 Å². The molecule has 6 heteroatoms. The van der Waals surface area contributed by atoms with Gasteiger partial charge in [0.2, 0.25) is 10.0 Å². The van der Waals surface area contributed by atoms with Crippen molar-refractivity contribution in [3.05, 3.63) is 59.1 Å². The highest BCUT2D eigenvalue weighted by molar-refractivity contribution is 7.89. The Kier molecular flexibility index (Phi) is 4.65. The van der Waals surface area contributed by atoms with Crippen LogP contribution in [0.15, 0.2) is 53.4 Å². The molecule has 2 aromatic rings. The van der Waals surface area contributed by atoms with Gasteiger partial charge >= 0.3 is 0 Å². The van der Waals surface area contributed by atoms with Crippen molar-refractivity contribution in [1.29, 1.82) is 0 Å². The number of nitrogens with one attached hydrogen (secondary N) is 2. The fraction of sp³-hybridized carbons (Fsp3) is 0.143. The molecule has 20 heavy (non-hydrogen) atoms. The van der Waals surface area contributed by atoms with Crippen LogP contribution in [0, 0.1) is 0 Å². The third kappa shape index (κ3) is 3.50. The zero-order chi connectivity index (χ0) is 14.6. The maximum atomic E-state index is 11.9. The normalized spacial score (nSPS) is 11.3. The van der Waals surface area contributed by atoms with Crippen molar-refractivity contribution in [2.75, 3.05) is 12.4 Å². The van der Waals surface area contributed by atoms with E-state index in [1.54, 1.807) is 36.4 Å². The fourth-order valence-electron chi connectivity index (χ4n) is 1.76. The highest BCUT2D eigenvalue weighted by Gasteiger charge is 2.15. The minimum Gasteiger partial charge on any atom is -0.380 e. The predicted octanol–water partition coefficient (Wildman–Crippen LogP) is 2.86. The van der Waals surface area contributed by atoms with Crippen LogP contribution in [-0.2, 0) is 16.6 Å². The minimum absolute atomic E-state index is 0.233. The number of hydrogen-bond acceptors (Lipinski definition) is 3. The van der Waals surface area contributed by atoms with Crippen molar-refractivity contribution in [2.45, 2.75) is 11.4 Å². The number of sulfonamides is 1. The van der Waals surface area contributed by atoms with Crippen molar-refractivity contribution in [3.8, 4) is 0 Å². The molecule has 0 aliphatic carbocycles. The zero-order valence-electron chi connectivity index (χ0n) is 10.9. The molecule has 0 fully saturated rings. The molecule has 4 nitrogen and oxygen atoms in total. The number of rotatable bonds is 5. The van der Waals surface area contributed by atoms with Gasteiger partial charge in [-0.25, -0.2) is 13.1 Å². The Morgan fingerprint density at radius 3 is 2.35 bits per heavy atom. The van der Waals surface area contributed by atoms with E-state index in [2.05, 4.69) is 10.0 Å². The van der Waals surface area contributed by atoms with E-state index in [9.17, 15) is 8.42 Å². The number of anilines is 1. The van der Waals surface area contributed by atoms with E-state index in [-0.39, 0.29) is 4.90 Å². The summed E-state index contributed by atoms with van der Waals surface area (Å²) in [6.07, 6.45) is 0. The summed E-state index contributed by atoms with van der Waals surface area (Å²) in [7, 11) is -2.08. The second-order valence-corrected chi connectivity index (χ2v) is 6.48. The molecule has 106 valence electrons. The molecule has 0 aliphatic rings. The maximum Gasteiger partial charge on any atom is 0.242 e. The van der Waals surface area contributed by atoms with E-state index in [4.69, 9.17) is 11.6 Å². The highest BCUT2D eigenvalue weighted by Crippen LogP contribution is 2.21. The van der Waals surface area contributed by atoms with Gasteiger partial charge < -0.3 is 5.32 Å². The first-order valence-corrected chi connectivity index (χ1v) is 7.90. The Bertz CT molecular complexity index is 685. The SMILES string of the molecule is CNS(=O)(=O)c1ccccc1NCc1ccc(Cl)cc1. The Hall–Kier alpha value is -1.56. The average Bonchev–Trinajstić information content (AvgIpc) is 2.47. The third-order valence-corrected chi connectivity index (χ3v) is 4.57. The smallest absolute Gasteiger partial charge is 0.242 e. The van der Waals surface area contributed by atoms with Crippen LogP contribution in [0.2, 0.25) is 5.02 Å². The number of para-hydroxylation sites is 1. The molecule has 2 rings (SSSR count). The molecule has 0 aliphatic heterocycles. The molecule has 2 N–H and O–H groups in total. The predicted molar refractivity (Wildman–Crippen MR) is 81.5 cm³/mol. The van der Waals surface area contributed by atoms with Gasteiger partial charge in [-0.1, -0.05) is 35.9 Å². The van der Waals surface area contributed by atoms with Crippen molar-refractivity contribution >= 4 is 27.3 Å². The van der Waals surface area contributed by atoms with Crippen molar-refractivity contribution < 1.29 is 8.42 Å². The van der Waals surface area contributed by atoms with Gasteiger partial charge in [0.05, 0.1) is 5.69 Å². The second-order valence-electron chi connectivity index (χ2n) is 4.18. The van der Waals surface area contributed by atoms with Crippen LogP contribution in [0.5, 0.6) is 0 Å². The topological polar surface area (TPSA) is 58.2 Å². The van der Waals surface area contributed by atoms with Crippen LogP contribution in [0.4, 0.5) is 5.69 Å². The monoisotopic (exact) mass is 310 g/mol. The molecule has 0 saturated heterocycles. The Labute approximate surface area is 123 Å². The van der Waals surface area contributed by atoms with Gasteiger partial charge in [0.1, 0.15) is 4.90 Å². The van der Waals surface area contributed by atoms with Gasteiger partial charge in [0, 0.05) is 11.6 Å². The molecule has 0 radical (unpaired) electrons. The molecule has 0 heterocycles. The van der Waals surface area contributed by atoms with Gasteiger partial charge in [0.25, 0.3) is 0 Å². The number of hydrogen-bond donors (Lipinski definition) is 2. The van der Waals surface area contributed by atoms with Crippen LogP contribution < -0.4 is 10.0 Å². The Morgan fingerprint density at radius 1 is 1.05 bits per heavy atom. The van der Waals surface area contributed by atoms with Crippen molar-refractivity contribution in [1.82, 2.24) is 4.72 Å². The lowest BCUT2D eigenvalue weighted by molar-refractivity contribution is 0.588. The van der Waals surface area contributed by atoms with E-state index in [0.29, 0.717) is 17.3 Å². The van der Waals surface area contributed by atoms with Gasteiger partial charge in [0.15, 0.2) is 0 Å². The minimum atomic E-state index is -3.47. The third-order valence-electron chi connectivity index (χ3n) is 2.84. The summed E-state index contributed by atoms with van der Waals surface area (Å²) >= 11 is 5.82. The first-order valence-electron chi connectivity index (χ1n) is 6.04. The summed E-state index contributed by atoms with van der Waals surface area (Å²) < 4.78 is 26.1. The quantitative estimate of drug-likeness (QED) is 0.893. The highest BCUT2D eigenvalue weighted by atomic mass is 35.5. The molecule has 0 atom stereocenters. The van der Waals surface area contributed by atoms with Crippen LogP contribution in [0.25, 0.3) is 0 Å². The molecule has 2 aromatic carbocycles. The van der Waals surface area contributed by atoms with Gasteiger partial charge in [-0.05, 0) is 36.9 Å². The van der Waals surface area contributed by atoms with Crippen LogP contribution >= 0.6 is 11.6 Å². The lowest BCUT2D eigenvalue weighted by atomic mass is 10.2. The van der Waals surface area contributed by atoms with E-state index >= 15 is 0 Å². The van der Waals surface area contributed by atoms with Crippen molar-refractivity contribution in [3.63, 3.8) is 0 Å². The Balaban J connectivity index is 2.20. The number of halogens is 1. The van der Waals surface area contributed by atoms with Gasteiger partial charge in [-0.3, -0.25) is 0 Å². The van der Waals surface area contributed by atoms with E-state index in [1.807, 2.05) is 12.1 Å². The lowest BCUT2D eigenvalue weighted by Gasteiger charge is -2.12. The van der Waals surface area contributed by atoms with E-state index < -0.39 is 10.0 Å². The summed E-state index contributed by atoms with van der Waals surface area (Å²) in [5.41, 5.74) is 1.59. The summed E-state index contributed by atoms with van der Waals surface area (Å²) in [5.74, 6) is 0. The lowest BCUT2D eigenvalue weighted by Crippen LogP contribution is -2.20. The molecule has 0 amide bonds. The molecule has 0 saturated carbocycles. The first kappa shape index (κ1) is 14.8. The molecule has 0 unspecified atom stereocenters. The van der Waals surface area contributed by atoms with Gasteiger partial charge in [-0.2, -0.15) is 0 Å². The summed E-state index contributed by atoms with van der Waals surface area (Å²) in [6, 6.07) is 14.2. The van der Waals surface area contributed by atoms with Crippen LogP contribution in [0.3, 0.4) is 0 Å². The molecule has 0 spiro atoms. The fourth-order valence-corrected chi connectivity index (χ4v) is 2.79. The first-order chi connectivity index (χ1) is 9.53. The molecular formula is C14H15ClN2O2S. The Morgan fingerprint density at radius 2 is 1.70 bits per heavy atom. The van der Waals surface area contributed by atoms with Crippen LogP contribution in [-0.4, -0.2) is 15.5 Å². The van der Waals surface area contributed by atoms with E-state index in [0.717, 1.165) is 5.56 Å². The standard InChI is InChI=1S/C14H15ClN2O2S/c1-16-20(18,19)14-5-3-2-4-13(14)17-10-11-6-8-12(15)9-7-11/h2-9,16-17H,10H2,1H3. The largest absolute Gasteiger partial charge is 0.380 e. The maximum absolute atomic E-state index is 11.9. The number of benzene rings is 2. The average molecular weight is 311 g/mol. The summed E-state index contributed by atoms with van der Waals surface area (Å²) in [6.45, 7) is 0.521. The molecule has 0 bridgehead atoms. The zero-order valence-corrected chi connectivity index (χ0v) is 12.5. The second kappa shape index (κ2) is 6.26. The summed E-state index contributed by atoms with van der Waals surface area (Å²) in [4.78, 5) is 0.233. The van der Waals surface area contributed by atoms with Crippen molar-refractivity contribution in [2.24, 2.45) is 0 Å². The molecular weight excluding hydrogens is 296 g/mol. The van der Waals surface area contributed by atoms with Gasteiger partial charge in [-0.15, -0.1) is 0 Å². The summed E-state index contributed by atoms with van der Waals surface area (Å²) in [5, 5.41) is 3.80.